The number of para-hydroxylation sites is 1. The molecule has 1 unspecified atom stereocenters. The summed E-state index contributed by atoms with van der Waals surface area (Å²) >= 11 is 0. The predicted octanol–water partition coefficient (Wildman–Crippen LogP) is 3.71. The first kappa shape index (κ1) is 18.0. The van der Waals surface area contributed by atoms with Crippen molar-refractivity contribution in [2.24, 2.45) is 0 Å². The molecule has 1 aromatic carbocycles. The number of rotatable bonds is 4. The van der Waals surface area contributed by atoms with Crippen molar-refractivity contribution in [2.45, 2.75) is 38.6 Å². The van der Waals surface area contributed by atoms with E-state index in [4.69, 9.17) is 0 Å². The Kier molecular flexibility index (Phi) is 5.41. The Balaban J connectivity index is 1.45. The molecule has 1 aromatic heterocycles. The van der Waals surface area contributed by atoms with Gasteiger partial charge in [-0.25, -0.2) is 14.4 Å². The molecule has 2 aliphatic rings. The average molecular weight is 369 g/mol. The maximum absolute atomic E-state index is 14.0. The molecule has 2 saturated heterocycles. The maximum atomic E-state index is 14.0. The minimum Gasteiger partial charge on any atom is -0.366 e. The van der Waals surface area contributed by atoms with Crippen LogP contribution in [0.15, 0.2) is 36.7 Å². The Hall–Kier alpha value is -2.37. The number of aromatic nitrogens is 2. The Morgan fingerprint density at radius 1 is 0.963 bits per heavy atom. The summed E-state index contributed by atoms with van der Waals surface area (Å²) in [6.45, 7) is 6.59. The van der Waals surface area contributed by atoms with E-state index in [0.29, 0.717) is 11.7 Å². The van der Waals surface area contributed by atoms with E-state index in [1.54, 1.807) is 12.4 Å². The summed E-state index contributed by atoms with van der Waals surface area (Å²) < 4.78 is 14.0. The Labute approximate surface area is 160 Å². The summed E-state index contributed by atoms with van der Waals surface area (Å²) in [5.41, 5.74) is 0.694. The largest absolute Gasteiger partial charge is 0.366 e. The van der Waals surface area contributed by atoms with Crippen LogP contribution < -0.4 is 14.7 Å². The molecular weight excluding hydrogens is 341 g/mol. The lowest BCUT2D eigenvalue weighted by molar-refractivity contribution is 0.446. The molecule has 0 N–H and O–H groups in total. The van der Waals surface area contributed by atoms with Crippen molar-refractivity contribution in [1.29, 1.82) is 0 Å². The number of hydrogen-bond acceptors (Lipinski definition) is 5. The van der Waals surface area contributed by atoms with Crippen molar-refractivity contribution in [2.75, 3.05) is 47.4 Å². The van der Waals surface area contributed by atoms with Gasteiger partial charge in [-0.1, -0.05) is 19.1 Å². The molecular formula is C21H28FN5. The third kappa shape index (κ3) is 3.84. The van der Waals surface area contributed by atoms with Gasteiger partial charge in [0.1, 0.15) is 23.8 Å². The van der Waals surface area contributed by atoms with E-state index >= 15 is 0 Å². The van der Waals surface area contributed by atoms with Crippen molar-refractivity contribution >= 4 is 17.3 Å². The van der Waals surface area contributed by atoms with E-state index < -0.39 is 0 Å². The topological polar surface area (TPSA) is 35.5 Å². The lowest BCUT2D eigenvalue weighted by Gasteiger charge is -2.38. The molecule has 0 bridgehead atoms. The second-order valence-corrected chi connectivity index (χ2v) is 7.41. The normalized spacial score (nSPS) is 20.8. The molecule has 2 aromatic rings. The van der Waals surface area contributed by atoms with Crippen LogP contribution in [0.4, 0.5) is 21.7 Å². The van der Waals surface area contributed by atoms with Gasteiger partial charge in [-0.3, -0.25) is 0 Å². The van der Waals surface area contributed by atoms with Crippen molar-refractivity contribution < 1.29 is 4.39 Å². The lowest BCUT2D eigenvalue weighted by atomic mass is 10.00. The summed E-state index contributed by atoms with van der Waals surface area (Å²) in [6, 6.07) is 9.73. The van der Waals surface area contributed by atoms with Crippen LogP contribution in [0.5, 0.6) is 0 Å². The number of piperazine rings is 1. The van der Waals surface area contributed by atoms with Gasteiger partial charge in [-0.2, -0.15) is 0 Å². The molecule has 2 aliphatic heterocycles. The quantitative estimate of drug-likeness (QED) is 0.821. The van der Waals surface area contributed by atoms with Crippen molar-refractivity contribution in [3.05, 3.63) is 42.5 Å². The molecule has 27 heavy (non-hydrogen) atoms. The number of anilines is 3. The van der Waals surface area contributed by atoms with Gasteiger partial charge in [0, 0.05) is 44.8 Å². The van der Waals surface area contributed by atoms with E-state index in [1.165, 1.54) is 25.3 Å². The Morgan fingerprint density at radius 2 is 1.70 bits per heavy atom. The molecule has 0 saturated carbocycles. The Bertz CT molecular complexity index is 760. The van der Waals surface area contributed by atoms with Crippen LogP contribution in [0.1, 0.15) is 32.6 Å². The zero-order valence-electron chi connectivity index (χ0n) is 16.0. The first-order chi connectivity index (χ1) is 13.3. The second kappa shape index (κ2) is 8.11. The average Bonchev–Trinajstić information content (AvgIpc) is 2.74. The molecule has 6 heteroatoms. The monoisotopic (exact) mass is 369 g/mol. The molecule has 5 nitrogen and oxygen atoms in total. The summed E-state index contributed by atoms with van der Waals surface area (Å²) in [5.74, 6) is 1.88. The molecule has 144 valence electrons. The fourth-order valence-corrected chi connectivity index (χ4v) is 4.28. The first-order valence-electron chi connectivity index (χ1n) is 10.1. The minimum absolute atomic E-state index is 0.147. The number of hydrogen-bond donors (Lipinski definition) is 0. The molecule has 0 radical (unpaired) electrons. The molecule has 2 fully saturated rings. The third-order valence-corrected chi connectivity index (χ3v) is 5.83. The van der Waals surface area contributed by atoms with E-state index in [2.05, 4.69) is 37.7 Å². The summed E-state index contributed by atoms with van der Waals surface area (Å²) in [7, 11) is 0. The van der Waals surface area contributed by atoms with Crippen LogP contribution in [0.25, 0.3) is 0 Å². The highest BCUT2D eigenvalue weighted by atomic mass is 19.1. The predicted molar refractivity (Wildman–Crippen MR) is 108 cm³/mol. The maximum Gasteiger partial charge on any atom is 0.146 e. The van der Waals surface area contributed by atoms with Gasteiger partial charge >= 0.3 is 0 Å². The van der Waals surface area contributed by atoms with Crippen molar-refractivity contribution in [1.82, 2.24) is 9.97 Å². The summed E-state index contributed by atoms with van der Waals surface area (Å²) in [6.07, 6.45) is 6.63. The van der Waals surface area contributed by atoms with Gasteiger partial charge in [0.05, 0.1) is 5.69 Å². The van der Waals surface area contributed by atoms with Gasteiger partial charge in [0.15, 0.2) is 0 Å². The van der Waals surface area contributed by atoms with Crippen LogP contribution >= 0.6 is 0 Å². The van der Waals surface area contributed by atoms with Crippen LogP contribution in [-0.2, 0) is 0 Å². The number of halogens is 1. The fourth-order valence-electron chi connectivity index (χ4n) is 4.28. The molecule has 0 aliphatic carbocycles. The molecule has 0 amide bonds. The number of nitrogens with zero attached hydrogens (tertiary/aromatic N) is 5. The first-order valence-corrected chi connectivity index (χ1v) is 10.1. The highest BCUT2D eigenvalue weighted by Gasteiger charge is 2.24. The minimum atomic E-state index is -0.147. The van der Waals surface area contributed by atoms with E-state index in [9.17, 15) is 4.39 Å². The lowest BCUT2D eigenvalue weighted by Crippen LogP contribution is -2.47. The van der Waals surface area contributed by atoms with Crippen molar-refractivity contribution in [3.8, 4) is 0 Å². The summed E-state index contributed by atoms with van der Waals surface area (Å²) in [5, 5.41) is 0. The van der Waals surface area contributed by atoms with Gasteiger partial charge in [-0.15, -0.1) is 0 Å². The smallest absolute Gasteiger partial charge is 0.146 e. The Morgan fingerprint density at radius 3 is 2.48 bits per heavy atom. The van der Waals surface area contributed by atoms with Gasteiger partial charge in [0.2, 0.25) is 0 Å². The van der Waals surface area contributed by atoms with E-state index in [0.717, 1.165) is 50.8 Å². The second-order valence-electron chi connectivity index (χ2n) is 7.41. The molecule has 3 heterocycles. The molecule has 1 atom stereocenters. The fraction of sp³-hybridized carbons (Fsp3) is 0.524. The van der Waals surface area contributed by atoms with Gasteiger partial charge < -0.3 is 14.7 Å². The third-order valence-electron chi connectivity index (χ3n) is 5.83. The summed E-state index contributed by atoms with van der Waals surface area (Å²) in [4.78, 5) is 15.9. The van der Waals surface area contributed by atoms with Crippen LogP contribution in [0, 0.1) is 5.82 Å². The standard InChI is InChI=1S/C21H28FN5/c1-2-17-7-5-6-10-27(17)21-15-20(23-16-24-21)26-13-11-25(12-14-26)19-9-4-3-8-18(19)22/h3-4,8-9,15-17H,2,5-7,10-14H2,1H3. The van der Waals surface area contributed by atoms with Gasteiger partial charge in [0.25, 0.3) is 0 Å². The number of benzene rings is 1. The van der Waals surface area contributed by atoms with Gasteiger partial charge in [-0.05, 0) is 37.8 Å². The van der Waals surface area contributed by atoms with Crippen LogP contribution in [0.3, 0.4) is 0 Å². The van der Waals surface area contributed by atoms with Crippen molar-refractivity contribution in [3.63, 3.8) is 0 Å². The zero-order chi connectivity index (χ0) is 18.6. The van der Waals surface area contributed by atoms with E-state index in [1.807, 2.05) is 12.1 Å². The van der Waals surface area contributed by atoms with Crippen LogP contribution in [-0.4, -0.2) is 48.7 Å². The number of piperidine rings is 1. The zero-order valence-corrected chi connectivity index (χ0v) is 16.0. The molecule has 4 rings (SSSR count). The van der Waals surface area contributed by atoms with Crippen LogP contribution in [0.2, 0.25) is 0 Å². The van der Waals surface area contributed by atoms with E-state index in [-0.39, 0.29) is 5.82 Å². The SMILES string of the molecule is CCC1CCCCN1c1cc(N2CCN(c3ccccc3F)CC2)ncn1. The highest BCUT2D eigenvalue weighted by molar-refractivity contribution is 5.54. The highest BCUT2D eigenvalue weighted by Crippen LogP contribution is 2.28. The molecule has 0 spiro atoms.